The van der Waals surface area contributed by atoms with Gasteiger partial charge in [-0.25, -0.2) is 4.79 Å². The molecule has 2 aromatic rings. The highest BCUT2D eigenvalue weighted by Gasteiger charge is 2.36. The van der Waals surface area contributed by atoms with Crippen molar-refractivity contribution in [2.24, 2.45) is 0 Å². The van der Waals surface area contributed by atoms with Crippen LogP contribution >= 0.6 is 23.4 Å². The first kappa shape index (κ1) is 20.4. The number of amides is 3. The van der Waals surface area contributed by atoms with Gasteiger partial charge in [-0.15, -0.1) is 0 Å². The van der Waals surface area contributed by atoms with Gasteiger partial charge in [-0.2, -0.15) is 0 Å². The van der Waals surface area contributed by atoms with Gasteiger partial charge in [0.2, 0.25) is 5.91 Å². The average Bonchev–Trinajstić information content (AvgIpc) is 2.90. The van der Waals surface area contributed by atoms with Crippen LogP contribution in [0.5, 0.6) is 5.75 Å². The number of hydrogen-bond acceptors (Lipinski definition) is 6. The number of phenols is 1. The van der Waals surface area contributed by atoms with E-state index in [1.807, 2.05) is 0 Å². The van der Waals surface area contributed by atoms with Crippen molar-refractivity contribution in [2.45, 2.75) is 0 Å². The fourth-order valence-electron chi connectivity index (χ4n) is 2.48. The summed E-state index contributed by atoms with van der Waals surface area (Å²) in [5, 5.41) is 20.9. The van der Waals surface area contributed by atoms with Crippen LogP contribution < -0.4 is 5.32 Å². The number of carbonyl (C=O) groups is 4. The zero-order valence-electron chi connectivity index (χ0n) is 14.6. The van der Waals surface area contributed by atoms with Gasteiger partial charge in [-0.1, -0.05) is 23.7 Å². The van der Waals surface area contributed by atoms with E-state index in [1.54, 1.807) is 24.3 Å². The molecule has 0 aliphatic carbocycles. The first-order valence-corrected chi connectivity index (χ1v) is 9.31. The Labute approximate surface area is 173 Å². The lowest BCUT2D eigenvalue weighted by molar-refractivity contribution is -0.127. The summed E-state index contributed by atoms with van der Waals surface area (Å²) < 4.78 is 0. The second-order valence-electron chi connectivity index (χ2n) is 5.90. The molecule has 148 valence electrons. The van der Waals surface area contributed by atoms with Crippen molar-refractivity contribution in [1.29, 1.82) is 0 Å². The Morgan fingerprint density at radius 3 is 2.45 bits per heavy atom. The number of carboxylic acids is 1. The minimum atomic E-state index is -1.31. The molecular formula is C19H13ClN2O6S. The maximum absolute atomic E-state index is 12.5. The molecule has 8 nitrogen and oxygen atoms in total. The fraction of sp³-hybridized carbons (Fsp3) is 0.0526. The molecule has 0 bridgehead atoms. The Morgan fingerprint density at radius 2 is 1.83 bits per heavy atom. The lowest BCUT2D eigenvalue weighted by Crippen LogP contribution is -2.36. The smallest absolute Gasteiger partial charge is 0.339 e. The molecule has 10 heteroatoms. The van der Waals surface area contributed by atoms with Crippen molar-refractivity contribution in [3.63, 3.8) is 0 Å². The molecule has 0 unspecified atom stereocenters. The quantitative estimate of drug-likeness (QED) is 0.618. The number of anilines is 1. The van der Waals surface area contributed by atoms with Crippen molar-refractivity contribution in [1.82, 2.24) is 4.90 Å². The number of imide groups is 1. The molecular weight excluding hydrogens is 420 g/mol. The third-order valence-electron chi connectivity index (χ3n) is 3.85. The number of thioether (sulfide) groups is 1. The molecule has 1 aliphatic heterocycles. The van der Waals surface area contributed by atoms with Gasteiger partial charge in [0.1, 0.15) is 17.9 Å². The summed E-state index contributed by atoms with van der Waals surface area (Å²) in [6.07, 6.45) is 1.53. The molecule has 3 amide bonds. The molecule has 1 aliphatic rings. The number of carbonyl (C=O) groups excluding carboxylic acids is 3. The number of hydrogen-bond donors (Lipinski definition) is 3. The van der Waals surface area contributed by atoms with E-state index in [1.165, 1.54) is 12.1 Å². The van der Waals surface area contributed by atoms with Crippen LogP contribution in [0.2, 0.25) is 5.02 Å². The number of nitrogens with zero attached hydrogens (tertiary/aromatic N) is 1. The number of nitrogens with one attached hydrogen (secondary N) is 1. The van der Waals surface area contributed by atoms with Crippen molar-refractivity contribution in [2.75, 3.05) is 11.9 Å². The lowest BCUT2D eigenvalue weighted by atomic mass is 10.2. The SMILES string of the molecule is O=C(CN1C(=O)S/C(=C\c2ccc(Cl)cc2)C1=O)Nc1ccc(C(=O)O)c(O)c1. The van der Waals surface area contributed by atoms with E-state index in [0.717, 1.165) is 28.8 Å². The molecule has 3 N–H and O–H groups in total. The highest BCUT2D eigenvalue weighted by molar-refractivity contribution is 8.18. The maximum atomic E-state index is 12.5. The normalized spacial score (nSPS) is 15.1. The number of benzene rings is 2. The van der Waals surface area contributed by atoms with E-state index >= 15 is 0 Å². The van der Waals surface area contributed by atoms with Crippen molar-refractivity contribution in [3.8, 4) is 5.75 Å². The highest BCUT2D eigenvalue weighted by Crippen LogP contribution is 2.32. The molecule has 0 aromatic heterocycles. The molecule has 0 radical (unpaired) electrons. The minimum Gasteiger partial charge on any atom is -0.507 e. The van der Waals surface area contributed by atoms with Gasteiger partial charge < -0.3 is 15.5 Å². The second kappa shape index (κ2) is 8.38. The van der Waals surface area contributed by atoms with E-state index in [0.29, 0.717) is 10.6 Å². The van der Waals surface area contributed by atoms with Gasteiger partial charge in [0, 0.05) is 16.8 Å². The van der Waals surface area contributed by atoms with Crippen LogP contribution in [0.15, 0.2) is 47.4 Å². The number of aromatic hydroxyl groups is 1. The lowest BCUT2D eigenvalue weighted by Gasteiger charge is -2.13. The Bertz CT molecular complexity index is 1050. The Morgan fingerprint density at radius 1 is 1.14 bits per heavy atom. The molecule has 0 spiro atoms. The number of rotatable bonds is 5. The third kappa shape index (κ3) is 4.76. The van der Waals surface area contributed by atoms with Crippen LogP contribution in [-0.4, -0.2) is 44.7 Å². The summed E-state index contributed by atoms with van der Waals surface area (Å²) in [6, 6.07) is 10.2. The summed E-state index contributed by atoms with van der Waals surface area (Å²) in [5.74, 6) is -3.12. The van der Waals surface area contributed by atoms with Gasteiger partial charge in [0.15, 0.2) is 0 Å². The number of aromatic carboxylic acids is 1. The van der Waals surface area contributed by atoms with Crippen LogP contribution in [0.4, 0.5) is 10.5 Å². The largest absolute Gasteiger partial charge is 0.507 e. The number of halogens is 1. The first-order chi connectivity index (χ1) is 13.7. The summed E-state index contributed by atoms with van der Waals surface area (Å²) in [4.78, 5) is 48.6. The van der Waals surface area contributed by atoms with Crippen LogP contribution in [0, 0.1) is 0 Å². The first-order valence-electron chi connectivity index (χ1n) is 8.11. The minimum absolute atomic E-state index is 0.126. The Kier molecular flexibility index (Phi) is 5.90. The second-order valence-corrected chi connectivity index (χ2v) is 7.33. The molecule has 2 aromatic carbocycles. The highest BCUT2D eigenvalue weighted by atomic mass is 35.5. The van der Waals surface area contributed by atoms with Crippen molar-refractivity contribution < 1.29 is 29.4 Å². The van der Waals surface area contributed by atoms with E-state index in [9.17, 15) is 24.3 Å². The summed E-state index contributed by atoms with van der Waals surface area (Å²) in [7, 11) is 0. The summed E-state index contributed by atoms with van der Waals surface area (Å²) in [6.45, 7) is -0.524. The van der Waals surface area contributed by atoms with Crippen LogP contribution in [0.3, 0.4) is 0 Å². The maximum Gasteiger partial charge on any atom is 0.339 e. The molecule has 1 fully saturated rings. The van der Waals surface area contributed by atoms with E-state index < -0.39 is 35.3 Å². The van der Waals surface area contributed by atoms with Crippen molar-refractivity contribution >= 4 is 58.1 Å². The standard InChI is InChI=1S/C19H13ClN2O6S/c20-11-3-1-10(2-4-11)7-15-17(25)22(19(28)29-15)9-16(24)21-12-5-6-13(18(26)27)14(23)8-12/h1-8,23H,9H2,(H,21,24)(H,26,27)/b15-7-. The summed E-state index contributed by atoms with van der Waals surface area (Å²) >= 11 is 6.53. The van der Waals surface area contributed by atoms with Crippen LogP contribution in [0.25, 0.3) is 6.08 Å². The fourth-order valence-corrected chi connectivity index (χ4v) is 3.45. The summed E-state index contributed by atoms with van der Waals surface area (Å²) in [5.41, 5.74) is 0.487. The molecule has 1 saturated heterocycles. The predicted molar refractivity (Wildman–Crippen MR) is 108 cm³/mol. The topological polar surface area (TPSA) is 124 Å². The van der Waals surface area contributed by atoms with Gasteiger partial charge in [-0.05, 0) is 47.7 Å². The van der Waals surface area contributed by atoms with Crippen molar-refractivity contribution in [3.05, 3.63) is 63.5 Å². The third-order valence-corrected chi connectivity index (χ3v) is 5.01. The van der Waals surface area contributed by atoms with E-state index in [2.05, 4.69) is 5.32 Å². The van der Waals surface area contributed by atoms with Gasteiger partial charge in [0.05, 0.1) is 4.91 Å². The molecule has 0 saturated carbocycles. The van der Waals surface area contributed by atoms with Crippen LogP contribution in [0.1, 0.15) is 15.9 Å². The van der Waals surface area contributed by atoms with Gasteiger partial charge in [-0.3, -0.25) is 19.3 Å². The zero-order valence-corrected chi connectivity index (χ0v) is 16.2. The monoisotopic (exact) mass is 432 g/mol. The van der Waals surface area contributed by atoms with E-state index in [4.69, 9.17) is 16.7 Å². The van der Waals surface area contributed by atoms with Gasteiger partial charge >= 0.3 is 5.97 Å². The van der Waals surface area contributed by atoms with E-state index in [-0.39, 0.29) is 16.2 Å². The molecule has 1 heterocycles. The Balaban J connectivity index is 1.68. The Hall–Kier alpha value is -3.30. The zero-order chi connectivity index (χ0) is 21.1. The van der Waals surface area contributed by atoms with Gasteiger partial charge in [0.25, 0.3) is 11.1 Å². The molecule has 29 heavy (non-hydrogen) atoms. The molecule has 0 atom stereocenters. The average molecular weight is 433 g/mol. The number of carboxylic acid groups (broad SMARTS) is 1. The predicted octanol–water partition coefficient (Wildman–Crippen LogP) is 3.42. The molecule has 3 rings (SSSR count). The van der Waals surface area contributed by atoms with Crippen LogP contribution in [-0.2, 0) is 9.59 Å².